The van der Waals surface area contributed by atoms with Gasteiger partial charge >= 0.3 is 0 Å². The number of nitrogens with two attached hydrogens (primary N) is 1. The van der Waals surface area contributed by atoms with Gasteiger partial charge in [-0.3, -0.25) is 9.69 Å². The summed E-state index contributed by atoms with van der Waals surface area (Å²) in [5, 5.41) is 8.92. The van der Waals surface area contributed by atoms with Crippen LogP contribution in [0.1, 0.15) is 10.4 Å². The predicted molar refractivity (Wildman–Crippen MR) is 76.8 cm³/mol. The topological polar surface area (TPSA) is 79.0 Å². The van der Waals surface area contributed by atoms with Gasteiger partial charge in [-0.05, 0) is 18.2 Å². The summed E-state index contributed by atoms with van der Waals surface area (Å²) < 4.78 is 5.23. The molecule has 110 valence electrons. The van der Waals surface area contributed by atoms with E-state index in [9.17, 15) is 4.79 Å². The zero-order chi connectivity index (χ0) is 14.5. The molecule has 1 aromatic carbocycles. The number of β-amino-alcohol motifs (C(OH)–C–C–N with tert-alkyl or cyclic N) is 1. The van der Waals surface area contributed by atoms with E-state index in [1.807, 2.05) is 0 Å². The maximum absolute atomic E-state index is 12.5. The molecular weight excluding hydrogens is 258 g/mol. The molecule has 3 N–H and O–H groups in total. The molecule has 1 aliphatic rings. The molecular formula is C14H21N3O3. The second kappa shape index (κ2) is 6.58. The fourth-order valence-corrected chi connectivity index (χ4v) is 2.38. The van der Waals surface area contributed by atoms with Gasteiger partial charge in [-0.15, -0.1) is 0 Å². The van der Waals surface area contributed by atoms with Crippen molar-refractivity contribution in [3.05, 3.63) is 23.8 Å². The third-order valence-corrected chi connectivity index (χ3v) is 3.53. The normalized spacial score (nSPS) is 16.2. The van der Waals surface area contributed by atoms with E-state index in [0.29, 0.717) is 36.6 Å². The first-order valence-corrected chi connectivity index (χ1v) is 6.71. The molecule has 0 unspecified atom stereocenters. The van der Waals surface area contributed by atoms with Crippen LogP contribution < -0.4 is 10.5 Å². The highest BCUT2D eigenvalue weighted by atomic mass is 16.5. The Morgan fingerprint density at radius 3 is 2.65 bits per heavy atom. The summed E-state index contributed by atoms with van der Waals surface area (Å²) >= 11 is 0. The Bertz CT molecular complexity index is 471. The quantitative estimate of drug-likeness (QED) is 0.760. The molecule has 0 aliphatic carbocycles. The molecule has 20 heavy (non-hydrogen) atoms. The van der Waals surface area contributed by atoms with Crippen LogP contribution in [0.15, 0.2) is 18.2 Å². The minimum atomic E-state index is -0.0576. The number of methoxy groups -OCH3 is 1. The Balaban J connectivity index is 2.07. The lowest BCUT2D eigenvalue weighted by molar-refractivity contribution is 0.0612. The lowest BCUT2D eigenvalue weighted by Gasteiger charge is -2.34. The zero-order valence-corrected chi connectivity index (χ0v) is 11.7. The van der Waals surface area contributed by atoms with Gasteiger partial charge in [0.2, 0.25) is 0 Å². The first-order chi connectivity index (χ1) is 9.65. The second-order valence-electron chi connectivity index (χ2n) is 4.82. The highest BCUT2D eigenvalue weighted by molar-refractivity contribution is 5.97. The Labute approximate surface area is 118 Å². The van der Waals surface area contributed by atoms with Crippen molar-refractivity contribution in [3.8, 4) is 5.75 Å². The van der Waals surface area contributed by atoms with E-state index in [4.69, 9.17) is 15.6 Å². The summed E-state index contributed by atoms with van der Waals surface area (Å²) in [4.78, 5) is 16.5. The number of hydrogen-bond donors (Lipinski definition) is 2. The fraction of sp³-hybridized carbons (Fsp3) is 0.500. The molecule has 0 aromatic heterocycles. The zero-order valence-electron chi connectivity index (χ0n) is 11.7. The Hall–Kier alpha value is -1.79. The average molecular weight is 279 g/mol. The molecule has 1 saturated heterocycles. The standard InChI is InChI=1S/C14H21N3O3/c1-20-13-3-2-11(15)10-12(13)14(19)17-6-4-16(5-7-17)8-9-18/h2-3,10,18H,4-9,15H2,1H3. The predicted octanol–water partition coefficient (Wildman–Crippen LogP) is 0.0275. The van der Waals surface area contributed by atoms with Crippen molar-refractivity contribution in [3.63, 3.8) is 0 Å². The molecule has 6 nitrogen and oxygen atoms in total. The second-order valence-corrected chi connectivity index (χ2v) is 4.82. The summed E-state index contributed by atoms with van der Waals surface area (Å²) in [7, 11) is 1.54. The number of carbonyl (C=O) groups excluding carboxylic acids is 1. The van der Waals surface area contributed by atoms with Crippen LogP contribution in [0, 0.1) is 0 Å². The van der Waals surface area contributed by atoms with Crippen LogP contribution in [-0.2, 0) is 0 Å². The van der Waals surface area contributed by atoms with Gasteiger partial charge in [0, 0.05) is 38.4 Å². The summed E-state index contributed by atoms with van der Waals surface area (Å²) in [6.07, 6.45) is 0. The van der Waals surface area contributed by atoms with Gasteiger partial charge in [0.05, 0.1) is 19.3 Å². The van der Waals surface area contributed by atoms with Crippen molar-refractivity contribution in [1.29, 1.82) is 0 Å². The maximum atomic E-state index is 12.5. The number of anilines is 1. The third-order valence-electron chi connectivity index (χ3n) is 3.53. The highest BCUT2D eigenvalue weighted by Gasteiger charge is 2.24. The lowest BCUT2D eigenvalue weighted by Crippen LogP contribution is -2.49. The number of rotatable bonds is 4. The molecule has 0 saturated carbocycles. The van der Waals surface area contributed by atoms with E-state index in [1.54, 1.807) is 30.2 Å². The van der Waals surface area contributed by atoms with Gasteiger partial charge in [-0.1, -0.05) is 0 Å². The Morgan fingerprint density at radius 1 is 1.35 bits per heavy atom. The molecule has 6 heteroatoms. The van der Waals surface area contributed by atoms with Crippen LogP contribution in [0.2, 0.25) is 0 Å². The van der Waals surface area contributed by atoms with Gasteiger partial charge in [-0.25, -0.2) is 0 Å². The van der Waals surface area contributed by atoms with E-state index in [-0.39, 0.29) is 12.5 Å². The number of piperazine rings is 1. The molecule has 1 fully saturated rings. The summed E-state index contributed by atoms with van der Waals surface area (Å²) in [6, 6.07) is 5.08. The molecule has 0 atom stereocenters. The number of nitrogens with zero attached hydrogens (tertiary/aromatic N) is 2. The van der Waals surface area contributed by atoms with Gasteiger partial charge in [0.1, 0.15) is 5.75 Å². The van der Waals surface area contributed by atoms with Gasteiger partial charge in [0.15, 0.2) is 0 Å². The molecule has 1 amide bonds. The number of nitrogen functional groups attached to an aromatic ring is 1. The number of carbonyl (C=O) groups is 1. The third kappa shape index (κ3) is 3.20. The minimum absolute atomic E-state index is 0.0576. The average Bonchev–Trinajstić information content (AvgIpc) is 2.47. The monoisotopic (exact) mass is 279 g/mol. The van der Waals surface area contributed by atoms with Crippen molar-refractivity contribution in [2.75, 3.05) is 52.2 Å². The first-order valence-electron chi connectivity index (χ1n) is 6.71. The molecule has 0 bridgehead atoms. The lowest BCUT2D eigenvalue weighted by atomic mass is 10.1. The molecule has 1 aliphatic heterocycles. The van der Waals surface area contributed by atoms with Crippen molar-refractivity contribution in [1.82, 2.24) is 9.80 Å². The Morgan fingerprint density at radius 2 is 2.05 bits per heavy atom. The van der Waals surface area contributed by atoms with E-state index < -0.39 is 0 Å². The smallest absolute Gasteiger partial charge is 0.257 e. The molecule has 1 heterocycles. The largest absolute Gasteiger partial charge is 0.496 e. The SMILES string of the molecule is COc1ccc(N)cc1C(=O)N1CCN(CCO)CC1. The maximum Gasteiger partial charge on any atom is 0.257 e. The molecule has 2 rings (SSSR count). The Kier molecular flexibility index (Phi) is 4.81. The number of aliphatic hydroxyl groups excluding tert-OH is 1. The van der Waals surface area contributed by atoms with Gasteiger partial charge in [0.25, 0.3) is 5.91 Å². The van der Waals surface area contributed by atoms with Crippen molar-refractivity contribution in [2.45, 2.75) is 0 Å². The van der Waals surface area contributed by atoms with Crippen LogP contribution in [-0.4, -0.2) is 67.3 Å². The number of amides is 1. The number of benzene rings is 1. The van der Waals surface area contributed by atoms with E-state index in [1.165, 1.54) is 0 Å². The first kappa shape index (κ1) is 14.6. The molecule has 0 radical (unpaired) electrons. The van der Waals surface area contributed by atoms with Gasteiger partial charge in [-0.2, -0.15) is 0 Å². The van der Waals surface area contributed by atoms with Gasteiger partial charge < -0.3 is 20.5 Å². The highest BCUT2D eigenvalue weighted by Crippen LogP contribution is 2.23. The van der Waals surface area contributed by atoms with E-state index in [2.05, 4.69) is 4.90 Å². The van der Waals surface area contributed by atoms with Crippen LogP contribution in [0.4, 0.5) is 5.69 Å². The fourth-order valence-electron chi connectivity index (χ4n) is 2.38. The van der Waals surface area contributed by atoms with Crippen LogP contribution in [0.5, 0.6) is 5.75 Å². The van der Waals surface area contributed by atoms with Crippen molar-refractivity contribution < 1.29 is 14.6 Å². The van der Waals surface area contributed by atoms with Crippen LogP contribution >= 0.6 is 0 Å². The number of hydrogen-bond acceptors (Lipinski definition) is 5. The minimum Gasteiger partial charge on any atom is -0.496 e. The van der Waals surface area contributed by atoms with Crippen LogP contribution in [0.3, 0.4) is 0 Å². The summed E-state index contributed by atoms with van der Waals surface area (Å²) in [6.45, 7) is 3.65. The molecule has 1 aromatic rings. The molecule has 0 spiro atoms. The summed E-state index contributed by atoms with van der Waals surface area (Å²) in [5.41, 5.74) is 6.80. The summed E-state index contributed by atoms with van der Waals surface area (Å²) in [5.74, 6) is 0.486. The number of aliphatic hydroxyl groups is 1. The van der Waals surface area contributed by atoms with E-state index in [0.717, 1.165) is 13.1 Å². The number of ether oxygens (including phenoxy) is 1. The van der Waals surface area contributed by atoms with Crippen molar-refractivity contribution in [2.24, 2.45) is 0 Å². The van der Waals surface area contributed by atoms with Crippen LogP contribution in [0.25, 0.3) is 0 Å². The van der Waals surface area contributed by atoms with E-state index >= 15 is 0 Å². The van der Waals surface area contributed by atoms with Crippen molar-refractivity contribution >= 4 is 11.6 Å².